The smallest absolute Gasteiger partial charge is 0.407 e. The van der Waals surface area contributed by atoms with Crippen LogP contribution in [0.4, 0.5) is 26.0 Å². The van der Waals surface area contributed by atoms with E-state index in [0.717, 1.165) is 76.8 Å². The number of nitrogens with zero attached hydrogens (tertiary/aromatic N) is 8. The van der Waals surface area contributed by atoms with Gasteiger partial charge in [-0.2, -0.15) is 4.99 Å². The molecule has 1 N–H and O–H groups in total. The summed E-state index contributed by atoms with van der Waals surface area (Å²) in [7, 11) is 3.93. The van der Waals surface area contributed by atoms with Crippen molar-refractivity contribution in [2.75, 3.05) is 72.0 Å². The fourth-order valence-electron chi connectivity index (χ4n) is 7.54. The highest BCUT2D eigenvalue weighted by Gasteiger charge is 2.26. The summed E-state index contributed by atoms with van der Waals surface area (Å²) in [4.78, 5) is 43.4. The number of hydrogen-bond acceptors (Lipinski definition) is 15. The van der Waals surface area contributed by atoms with Gasteiger partial charge in [-0.3, -0.25) is 9.47 Å². The number of carbonyl (C=O) groups is 2. The van der Waals surface area contributed by atoms with Crippen LogP contribution in [0.25, 0.3) is 10.2 Å². The quantitative estimate of drug-likeness (QED) is 0.0323. The summed E-state index contributed by atoms with van der Waals surface area (Å²) in [5.41, 5.74) is 2.13. The molecule has 0 atom stereocenters. The highest BCUT2D eigenvalue weighted by Crippen LogP contribution is 2.34. The average Bonchev–Trinajstić information content (AvgIpc) is 3.88. The minimum Gasteiger partial charge on any atom is -0.491 e. The van der Waals surface area contributed by atoms with Gasteiger partial charge < -0.3 is 34.1 Å². The number of methoxy groups -OCH3 is 1. The van der Waals surface area contributed by atoms with Gasteiger partial charge in [0.2, 0.25) is 0 Å². The topological polar surface area (TPSA) is 149 Å². The number of halogens is 1. The number of alkyl carbamates (subject to hydrolysis) is 1. The van der Waals surface area contributed by atoms with Gasteiger partial charge in [0.05, 0.1) is 30.5 Å². The van der Waals surface area contributed by atoms with Crippen molar-refractivity contribution in [2.45, 2.75) is 110 Å². The number of aryl methyl sites for hydroxylation is 2. The van der Waals surface area contributed by atoms with Crippen LogP contribution < -0.4 is 19.8 Å². The van der Waals surface area contributed by atoms with Crippen LogP contribution in [0.3, 0.4) is 0 Å². The van der Waals surface area contributed by atoms with Crippen molar-refractivity contribution in [3.63, 3.8) is 0 Å². The summed E-state index contributed by atoms with van der Waals surface area (Å²) in [6.07, 6.45) is 3.96. The highest BCUT2D eigenvalue weighted by atomic mass is 32.1. The molecule has 4 heterocycles. The van der Waals surface area contributed by atoms with Crippen LogP contribution >= 0.6 is 22.7 Å². The zero-order valence-electron chi connectivity index (χ0n) is 42.5. The van der Waals surface area contributed by atoms with E-state index in [1.54, 1.807) is 23.5 Å². The van der Waals surface area contributed by atoms with Gasteiger partial charge >= 0.3 is 12.1 Å². The number of thiazole rings is 2. The lowest BCUT2D eigenvalue weighted by Gasteiger charge is -2.33. The number of aromatic nitrogens is 4. The predicted octanol–water partition coefficient (Wildman–Crippen LogP) is 9.56. The molecule has 1 aliphatic heterocycles. The standard InChI is InChI=1S/C51H70FN9O6S2Si/c1-36-33-44(56-57-46(36)55-49-61(35-65-31-32-70(8,9)10)40-18-11-12-19-42(40)68-49)60(27-14-13-26-59-28-23-38(24-29-59)53-50(63)67-51(2,3)4)48-54-45(47(62)64-7)43(69-48)20-16-30-66-41-22-21-37(34-39(41)52)17-15-25-58(5)6/h11-12,18-19,21-22,33-34,38H,13-14,16,20,23-32,35H2,1-10H3,(H,53,63)/b55-49-. The lowest BCUT2D eigenvalue weighted by atomic mass is 10.0. The van der Waals surface area contributed by atoms with Crippen molar-refractivity contribution >= 4 is 69.8 Å². The molecule has 0 spiro atoms. The third-order valence-electron chi connectivity index (χ3n) is 11.3. The van der Waals surface area contributed by atoms with Gasteiger partial charge in [0, 0.05) is 50.8 Å². The van der Waals surface area contributed by atoms with Crippen LogP contribution in [0.5, 0.6) is 5.75 Å². The molecule has 2 aromatic carbocycles. The van der Waals surface area contributed by atoms with Crippen LogP contribution in [-0.4, -0.2) is 128 Å². The van der Waals surface area contributed by atoms with E-state index in [0.29, 0.717) is 61.6 Å². The minimum atomic E-state index is -1.27. The molecule has 378 valence electrons. The van der Waals surface area contributed by atoms with E-state index < -0.39 is 25.5 Å². The molecule has 6 rings (SSSR count). The molecule has 70 heavy (non-hydrogen) atoms. The van der Waals surface area contributed by atoms with Gasteiger partial charge in [-0.15, -0.1) is 21.5 Å². The number of amides is 1. The number of para-hydroxylation sites is 1. The van der Waals surface area contributed by atoms with Crippen LogP contribution in [-0.2, 0) is 27.4 Å². The molecule has 0 radical (unpaired) electrons. The maximum atomic E-state index is 15.0. The van der Waals surface area contributed by atoms with Gasteiger partial charge in [0.25, 0.3) is 0 Å². The predicted molar refractivity (Wildman–Crippen MR) is 280 cm³/mol. The summed E-state index contributed by atoms with van der Waals surface area (Å²) in [6, 6.07) is 16.0. The number of piperidine rings is 1. The Hall–Kier alpha value is -5.23. The molecule has 1 amide bonds. The summed E-state index contributed by atoms with van der Waals surface area (Å²) in [5, 5.41) is 13.1. The van der Waals surface area contributed by atoms with E-state index in [4.69, 9.17) is 39.1 Å². The first-order valence-electron chi connectivity index (χ1n) is 24.0. The third-order valence-corrected chi connectivity index (χ3v) is 15.2. The fraction of sp³-hybridized carbons (Fsp3) is 0.529. The number of nitrogens with one attached hydrogen (secondary N) is 1. The minimum absolute atomic E-state index is 0.0796. The molecule has 19 heteroatoms. The van der Waals surface area contributed by atoms with Gasteiger partial charge in [0.15, 0.2) is 38.8 Å². The summed E-state index contributed by atoms with van der Waals surface area (Å²) >= 11 is 2.98. The van der Waals surface area contributed by atoms with Crippen LogP contribution in [0.1, 0.15) is 79.4 Å². The molecule has 0 aliphatic carbocycles. The molecular formula is C51H70FN9O6S2Si. The van der Waals surface area contributed by atoms with Crippen molar-refractivity contribution in [3.05, 3.63) is 80.8 Å². The number of carbonyl (C=O) groups excluding carboxylic acids is 2. The van der Waals surface area contributed by atoms with E-state index in [1.807, 2.05) is 69.8 Å². The van der Waals surface area contributed by atoms with Crippen molar-refractivity contribution in [2.24, 2.45) is 4.99 Å². The normalized spacial score (nSPS) is 13.9. The highest BCUT2D eigenvalue weighted by molar-refractivity contribution is 7.16. The second kappa shape index (κ2) is 25.2. The number of esters is 1. The zero-order chi connectivity index (χ0) is 50.4. The summed E-state index contributed by atoms with van der Waals surface area (Å²) < 4.78 is 40.9. The Labute approximate surface area is 421 Å². The SMILES string of the molecule is COC(=O)c1nc(N(CCCCN2CCC(NC(=O)OC(C)(C)C)CC2)c2cc(C)c(/N=c3\sc4ccccc4n3COCC[Si](C)(C)C)nn2)sc1CCCOc1ccc(C#CCN(C)C)cc1F. The average molecular weight is 1020 g/mol. The number of likely N-dealkylation sites (tertiary alicyclic amines) is 1. The maximum Gasteiger partial charge on any atom is 0.407 e. The van der Waals surface area contributed by atoms with E-state index >= 15 is 0 Å². The van der Waals surface area contributed by atoms with Crippen LogP contribution in [0, 0.1) is 24.6 Å². The van der Waals surface area contributed by atoms with Gasteiger partial charge in [-0.1, -0.05) is 55.0 Å². The van der Waals surface area contributed by atoms with Gasteiger partial charge in [-0.25, -0.2) is 19.0 Å². The first-order valence-corrected chi connectivity index (χ1v) is 29.4. The second-order valence-corrected chi connectivity index (χ2v) is 27.7. The number of fused-ring (bicyclic) bond motifs is 1. The molecule has 1 saturated heterocycles. The van der Waals surface area contributed by atoms with Crippen molar-refractivity contribution < 1.29 is 32.9 Å². The van der Waals surface area contributed by atoms with Crippen LogP contribution in [0.15, 0.2) is 53.5 Å². The lowest BCUT2D eigenvalue weighted by molar-refractivity contribution is 0.0478. The Balaban J connectivity index is 1.20. The number of benzene rings is 2. The first-order chi connectivity index (χ1) is 33.4. The largest absolute Gasteiger partial charge is 0.491 e. The molecule has 1 fully saturated rings. The zero-order valence-corrected chi connectivity index (χ0v) is 45.2. The molecule has 0 bridgehead atoms. The third kappa shape index (κ3) is 16.4. The van der Waals surface area contributed by atoms with Crippen molar-refractivity contribution in [1.82, 2.24) is 34.9 Å². The Kier molecular flexibility index (Phi) is 19.5. The molecule has 15 nitrogen and oxygen atoms in total. The Bertz CT molecular complexity index is 2670. The Morgan fingerprint density at radius 1 is 1.01 bits per heavy atom. The van der Waals surface area contributed by atoms with E-state index in [-0.39, 0.29) is 30.2 Å². The second-order valence-electron chi connectivity index (χ2n) is 20.0. The monoisotopic (exact) mass is 1020 g/mol. The molecule has 5 aromatic rings. The van der Waals surface area contributed by atoms with Gasteiger partial charge in [0.1, 0.15) is 12.3 Å². The first kappa shape index (κ1) is 54.1. The molecule has 3 aromatic heterocycles. The van der Waals surface area contributed by atoms with Crippen molar-refractivity contribution in [1.29, 1.82) is 0 Å². The number of hydrogen-bond donors (Lipinski definition) is 1. The molecular weight excluding hydrogens is 946 g/mol. The van der Waals surface area contributed by atoms with E-state index in [9.17, 15) is 14.0 Å². The van der Waals surface area contributed by atoms with Crippen molar-refractivity contribution in [3.8, 4) is 17.6 Å². The number of ether oxygens (including phenoxy) is 4. The Morgan fingerprint density at radius 2 is 1.79 bits per heavy atom. The molecule has 0 unspecified atom stereocenters. The van der Waals surface area contributed by atoms with E-state index in [2.05, 4.69) is 58.4 Å². The maximum absolute atomic E-state index is 15.0. The number of rotatable bonds is 21. The van der Waals surface area contributed by atoms with E-state index in [1.165, 1.54) is 24.5 Å². The number of anilines is 2. The molecule has 1 aliphatic rings. The fourth-order valence-corrected chi connectivity index (χ4v) is 10.4. The summed E-state index contributed by atoms with van der Waals surface area (Å²) in [5.74, 6) is 6.18. The lowest BCUT2D eigenvalue weighted by Crippen LogP contribution is -2.46. The Morgan fingerprint density at radius 3 is 2.49 bits per heavy atom. The molecule has 0 saturated carbocycles. The summed E-state index contributed by atoms with van der Waals surface area (Å²) in [6.45, 7) is 19.6. The number of unbranched alkanes of at least 4 members (excludes halogenated alkanes) is 1. The van der Waals surface area contributed by atoms with Gasteiger partial charge in [-0.05, 0) is 135 Å². The van der Waals surface area contributed by atoms with Crippen LogP contribution in [0.2, 0.25) is 25.7 Å².